The average Bonchev–Trinajstić information content (AvgIpc) is 2.97. The number of amides is 1. The van der Waals surface area contributed by atoms with Gasteiger partial charge in [0.05, 0.1) is 5.56 Å². The van der Waals surface area contributed by atoms with Gasteiger partial charge in [0.1, 0.15) is 17.0 Å². The molecule has 0 fully saturated rings. The van der Waals surface area contributed by atoms with Crippen molar-refractivity contribution in [2.24, 2.45) is 5.10 Å². The highest BCUT2D eigenvalue weighted by Crippen LogP contribution is 2.19. The van der Waals surface area contributed by atoms with Crippen LogP contribution in [0.3, 0.4) is 0 Å². The average molecular weight is 294 g/mol. The molecule has 1 aromatic heterocycles. The second-order valence-electron chi connectivity index (χ2n) is 4.80. The molecule has 5 nitrogen and oxygen atoms in total. The second-order valence-corrected chi connectivity index (χ2v) is 4.80. The molecule has 3 aromatic rings. The van der Waals surface area contributed by atoms with Gasteiger partial charge in [0.2, 0.25) is 0 Å². The number of carbonyl (C=O) groups is 1. The second kappa shape index (κ2) is 5.73. The third-order valence-corrected chi connectivity index (χ3v) is 3.26. The molecule has 1 heterocycles. The number of nitrogens with one attached hydrogen (secondary N) is 1. The minimum Gasteiger partial charge on any atom is -0.507 e. The highest BCUT2D eigenvalue weighted by molar-refractivity contribution is 6.02. The van der Waals surface area contributed by atoms with Crippen LogP contribution in [-0.2, 0) is 0 Å². The molecule has 0 saturated heterocycles. The molecule has 22 heavy (non-hydrogen) atoms. The highest BCUT2D eigenvalue weighted by Gasteiger charge is 2.10. The fourth-order valence-electron chi connectivity index (χ4n) is 2.08. The number of para-hydroxylation sites is 2. The summed E-state index contributed by atoms with van der Waals surface area (Å²) in [5.74, 6) is 0.0175. The molecule has 0 bridgehead atoms. The quantitative estimate of drug-likeness (QED) is 0.575. The smallest absolute Gasteiger partial charge is 0.275 e. The number of nitrogens with zero attached hydrogens (tertiary/aromatic N) is 1. The number of rotatable bonds is 3. The van der Waals surface area contributed by atoms with Gasteiger partial charge in [-0.3, -0.25) is 4.79 Å². The number of hydrogen-bond donors (Lipinski definition) is 2. The van der Waals surface area contributed by atoms with Crippen LogP contribution in [0, 0.1) is 0 Å². The Balaban J connectivity index is 1.80. The van der Waals surface area contributed by atoms with Crippen LogP contribution in [0.15, 0.2) is 64.1 Å². The van der Waals surface area contributed by atoms with Gasteiger partial charge >= 0.3 is 0 Å². The van der Waals surface area contributed by atoms with Crippen LogP contribution < -0.4 is 5.43 Å². The predicted molar refractivity (Wildman–Crippen MR) is 84.0 cm³/mol. The van der Waals surface area contributed by atoms with E-state index in [2.05, 4.69) is 10.5 Å². The summed E-state index contributed by atoms with van der Waals surface area (Å²) in [6.07, 6.45) is 0. The summed E-state index contributed by atoms with van der Waals surface area (Å²) in [7, 11) is 0. The third kappa shape index (κ3) is 2.69. The summed E-state index contributed by atoms with van der Waals surface area (Å²) in [5.41, 5.74) is 3.89. The zero-order valence-electron chi connectivity index (χ0n) is 11.9. The molecule has 1 amide bonds. The molecule has 3 rings (SSSR count). The molecule has 0 unspecified atom stereocenters. The van der Waals surface area contributed by atoms with E-state index in [0.717, 1.165) is 11.0 Å². The van der Waals surface area contributed by atoms with E-state index in [0.29, 0.717) is 11.5 Å². The van der Waals surface area contributed by atoms with E-state index < -0.39 is 5.91 Å². The van der Waals surface area contributed by atoms with Crippen LogP contribution in [0.1, 0.15) is 23.0 Å². The normalized spacial score (nSPS) is 11.6. The van der Waals surface area contributed by atoms with E-state index in [1.165, 1.54) is 12.1 Å². The SMILES string of the molecule is C/C(=N/NC(=O)c1ccccc1O)c1cc2ccccc2o1. The monoisotopic (exact) mass is 294 g/mol. The van der Waals surface area contributed by atoms with E-state index in [-0.39, 0.29) is 11.3 Å². The summed E-state index contributed by atoms with van der Waals surface area (Å²) in [6.45, 7) is 1.74. The standard InChI is InChI=1S/C17H14N2O3/c1-11(16-10-12-6-2-5-9-15(12)22-16)18-19-17(21)13-7-3-4-8-14(13)20/h2-10,20H,1H3,(H,19,21)/b18-11-. The largest absolute Gasteiger partial charge is 0.507 e. The molecule has 0 spiro atoms. The molecule has 0 aliphatic carbocycles. The summed E-state index contributed by atoms with van der Waals surface area (Å²) < 4.78 is 5.66. The van der Waals surface area contributed by atoms with Crippen molar-refractivity contribution < 1.29 is 14.3 Å². The Labute approximate surface area is 126 Å². The Hall–Kier alpha value is -3.08. The van der Waals surface area contributed by atoms with Crippen LogP contribution in [0.5, 0.6) is 5.75 Å². The number of benzene rings is 2. The Morgan fingerprint density at radius 2 is 1.86 bits per heavy atom. The van der Waals surface area contributed by atoms with Crippen LogP contribution in [0.25, 0.3) is 11.0 Å². The molecule has 0 radical (unpaired) electrons. The molecule has 5 heteroatoms. The summed E-state index contributed by atoms with van der Waals surface area (Å²) in [5, 5.41) is 14.6. The molecule has 2 N–H and O–H groups in total. The Morgan fingerprint density at radius 1 is 1.14 bits per heavy atom. The summed E-state index contributed by atoms with van der Waals surface area (Å²) in [6, 6.07) is 15.8. The van der Waals surface area contributed by atoms with Gasteiger partial charge in [-0.05, 0) is 31.2 Å². The zero-order valence-corrected chi connectivity index (χ0v) is 11.9. The van der Waals surface area contributed by atoms with Gasteiger partial charge < -0.3 is 9.52 Å². The maximum atomic E-state index is 12.0. The van der Waals surface area contributed by atoms with Crippen molar-refractivity contribution in [2.75, 3.05) is 0 Å². The van der Waals surface area contributed by atoms with Gasteiger partial charge in [0.25, 0.3) is 5.91 Å². The van der Waals surface area contributed by atoms with Crippen molar-refractivity contribution in [1.82, 2.24) is 5.43 Å². The van der Waals surface area contributed by atoms with Crippen LogP contribution in [0.2, 0.25) is 0 Å². The third-order valence-electron chi connectivity index (χ3n) is 3.26. The van der Waals surface area contributed by atoms with E-state index in [4.69, 9.17) is 4.42 Å². The molecular formula is C17H14N2O3. The lowest BCUT2D eigenvalue weighted by atomic mass is 10.2. The van der Waals surface area contributed by atoms with Crippen LogP contribution >= 0.6 is 0 Å². The van der Waals surface area contributed by atoms with Crippen molar-refractivity contribution in [3.05, 3.63) is 65.9 Å². The fraction of sp³-hybridized carbons (Fsp3) is 0.0588. The first-order valence-corrected chi connectivity index (χ1v) is 6.77. The Kier molecular flexibility index (Phi) is 3.62. The van der Waals surface area contributed by atoms with Crippen molar-refractivity contribution in [1.29, 1.82) is 0 Å². The van der Waals surface area contributed by atoms with E-state index in [1.807, 2.05) is 30.3 Å². The first-order valence-electron chi connectivity index (χ1n) is 6.77. The lowest BCUT2D eigenvalue weighted by Crippen LogP contribution is -2.19. The van der Waals surface area contributed by atoms with Crippen LogP contribution in [-0.4, -0.2) is 16.7 Å². The number of carbonyl (C=O) groups excluding carboxylic acids is 1. The number of phenolic OH excluding ortho intramolecular Hbond substituents is 1. The number of phenols is 1. The van der Waals surface area contributed by atoms with Gasteiger partial charge in [0.15, 0.2) is 5.76 Å². The van der Waals surface area contributed by atoms with Crippen molar-refractivity contribution in [3.8, 4) is 5.75 Å². The number of hydrazone groups is 1. The maximum absolute atomic E-state index is 12.0. The van der Waals surface area contributed by atoms with Gasteiger partial charge in [-0.1, -0.05) is 30.3 Å². The van der Waals surface area contributed by atoms with Gasteiger partial charge in [-0.25, -0.2) is 5.43 Å². The number of furan rings is 1. The molecule has 0 atom stereocenters. The predicted octanol–water partition coefficient (Wildman–Crippen LogP) is 3.29. The first-order chi connectivity index (χ1) is 10.6. The van der Waals surface area contributed by atoms with Gasteiger partial charge in [0, 0.05) is 5.39 Å². The van der Waals surface area contributed by atoms with E-state index in [1.54, 1.807) is 19.1 Å². The van der Waals surface area contributed by atoms with Crippen molar-refractivity contribution in [2.45, 2.75) is 6.92 Å². The summed E-state index contributed by atoms with van der Waals surface area (Å²) >= 11 is 0. The van der Waals surface area contributed by atoms with Crippen LogP contribution in [0.4, 0.5) is 0 Å². The zero-order chi connectivity index (χ0) is 15.5. The van der Waals surface area contributed by atoms with Crippen molar-refractivity contribution >= 4 is 22.6 Å². The molecule has 0 aliphatic rings. The minimum atomic E-state index is -0.478. The topological polar surface area (TPSA) is 74.8 Å². The molecule has 0 aliphatic heterocycles. The Bertz CT molecular complexity index is 832. The lowest BCUT2D eigenvalue weighted by molar-refractivity contribution is 0.0952. The number of fused-ring (bicyclic) bond motifs is 1. The van der Waals surface area contributed by atoms with Crippen molar-refractivity contribution in [3.63, 3.8) is 0 Å². The van der Waals surface area contributed by atoms with Gasteiger partial charge in [-0.2, -0.15) is 5.10 Å². The minimum absolute atomic E-state index is 0.0865. The molecule has 110 valence electrons. The molecule has 2 aromatic carbocycles. The van der Waals surface area contributed by atoms with E-state index >= 15 is 0 Å². The maximum Gasteiger partial charge on any atom is 0.275 e. The number of aromatic hydroxyl groups is 1. The first kappa shape index (κ1) is 13.9. The highest BCUT2D eigenvalue weighted by atomic mass is 16.3. The van der Waals surface area contributed by atoms with Gasteiger partial charge in [-0.15, -0.1) is 0 Å². The van der Waals surface area contributed by atoms with E-state index in [9.17, 15) is 9.90 Å². The lowest BCUT2D eigenvalue weighted by Gasteiger charge is -2.03. The number of hydrogen-bond acceptors (Lipinski definition) is 4. The molecule has 0 saturated carbocycles. The Morgan fingerprint density at radius 3 is 2.64 bits per heavy atom. The summed E-state index contributed by atoms with van der Waals surface area (Å²) in [4.78, 5) is 12.0. The fourth-order valence-corrected chi connectivity index (χ4v) is 2.08. The molecular weight excluding hydrogens is 280 g/mol.